The van der Waals surface area contributed by atoms with Crippen molar-refractivity contribution in [2.24, 2.45) is 0 Å². The predicted octanol–water partition coefficient (Wildman–Crippen LogP) is 3.25. The van der Waals surface area contributed by atoms with Crippen molar-refractivity contribution in [2.75, 3.05) is 13.2 Å². The molecule has 20 heavy (non-hydrogen) atoms. The summed E-state index contributed by atoms with van der Waals surface area (Å²) < 4.78 is 6.85. The molecular weight excluding hydrogens is 318 g/mol. The van der Waals surface area contributed by atoms with Crippen molar-refractivity contribution in [3.8, 4) is 0 Å². The normalized spacial score (nSPS) is 18.1. The second-order valence-electron chi connectivity index (χ2n) is 5.51. The first-order chi connectivity index (χ1) is 9.74. The molecule has 1 aromatic carbocycles. The minimum absolute atomic E-state index is 0.364. The Balaban J connectivity index is 1.58. The third-order valence-electron chi connectivity index (χ3n) is 3.67. The fourth-order valence-corrected chi connectivity index (χ4v) is 3.01. The average Bonchev–Trinajstić information content (AvgIpc) is 2.46. The van der Waals surface area contributed by atoms with Crippen molar-refractivity contribution in [1.29, 1.82) is 0 Å². The molecule has 1 aromatic rings. The summed E-state index contributed by atoms with van der Waals surface area (Å²) >= 11 is 3.45. The minimum Gasteiger partial charge on any atom is -0.389 e. The molecule has 0 spiro atoms. The van der Waals surface area contributed by atoms with Crippen LogP contribution in [0, 0.1) is 0 Å². The minimum atomic E-state index is -0.427. The Morgan fingerprint density at radius 2 is 2.10 bits per heavy atom. The topological polar surface area (TPSA) is 41.5 Å². The highest BCUT2D eigenvalue weighted by molar-refractivity contribution is 9.10. The SMILES string of the molecule is OC(CNCc1cccc(Br)c1)COC1CCCCC1. The van der Waals surface area contributed by atoms with Crippen molar-refractivity contribution in [3.05, 3.63) is 34.3 Å². The molecule has 4 heteroatoms. The van der Waals surface area contributed by atoms with E-state index in [2.05, 4.69) is 33.4 Å². The lowest BCUT2D eigenvalue weighted by atomic mass is 9.98. The van der Waals surface area contributed by atoms with E-state index in [0.29, 0.717) is 19.3 Å². The van der Waals surface area contributed by atoms with Gasteiger partial charge in [-0.1, -0.05) is 47.3 Å². The van der Waals surface area contributed by atoms with E-state index in [4.69, 9.17) is 4.74 Å². The Morgan fingerprint density at radius 3 is 2.85 bits per heavy atom. The van der Waals surface area contributed by atoms with E-state index in [1.165, 1.54) is 24.8 Å². The van der Waals surface area contributed by atoms with Crippen LogP contribution in [0.15, 0.2) is 28.7 Å². The molecule has 0 aliphatic heterocycles. The first kappa shape index (κ1) is 16.0. The van der Waals surface area contributed by atoms with Gasteiger partial charge in [0.2, 0.25) is 0 Å². The van der Waals surface area contributed by atoms with E-state index in [9.17, 15) is 5.11 Å². The van der Waals surface area contributed by atoms with Crippen LogP contribution in [0.2, 0.25) is 0 Å². The number of benzene rings is 1. The molecule has 0 radical (unpaired) electrons. The zero-order chi connectivity index (χ0) is 14.2. The van der Waals surface area contributed by atoms with E-state index >= 15 is 0 Å². The zero-order valence-electron chi connectivity index (χ0n) is 11.9. The molecular formula is C16H24BrNO2. The van der Waals surface area contributed by atoms with Crippen molar-refractivity contribution >= 4 is 15.9 Å². The molecule has 1 saturated carbocycles. The van der Waals surface area contributed by atoms with E-state index in [-0.39, 0.29) is 0 Å². The van der Waals surface area contributed by atoms with Crippen LogP contribution in [-0.4, -0.2) is 30.5 Å². The summed E-state index contributed by atoms with van der Waals surface area (Å²) in [5.41, 5.74) is 1.21. The van der Waals surface area contributed by atoms with E-state index < -0.39 is 6.10 Å². The molecule has 0 heterocycles. The summed E-state index contributed by atoms with van der Waals surface area (Å²) in [6, 6.07) is 8.18. The Morgan fingerprint density at radius 1 is 1.30 bits per heavy atom. The Bertz CT molecular complexity index is 394. The molecule has 0 amide bonds. The summed E-state index contributed by atoms with van der Waals surface area (Å²) in [7, 11) is 0. The van der Waals surface area contributed by atoms with Gasteiger partial charge in [-0.15, -0.1) is 0 Å². The van der Waals surface area contributed by atoms with Crippen molar-refractivity contribution in [2.45, 2.75) is 50.9 Å². The van der Waals surface area contributed by atoms with Crippen molar-refractivity contribution < 1.29 is 9.84 Å². The van der Waals surface area contributed by atoms with E-state index in [0.717, 1.165) is 23.9 Å². The van der Waals surface area contributed by atoms with Crippen LogP contribution in [0.25, 0.3) is 0 Å². The van der Waals surface area contributed by atoms with Gasteiger partial charge < -0.3 is 15.2 Å². The van der Waals surface area contributed by atoms with Crippen LogP contribution in [0.3, 0.4) is 0 Å². The fourth-order valence-electron chi connectivity index (χ4n) is 2.57. The van der Waals surface area contributed by atoms with Gasteiger partial charge in [0, 0.05) is 17.6 Å². The summed E-state index contributed by atoms with van der Waals surface area (Å²) in [5.74, 6) is 0. The Labute approximate surface area is 129 Å². The molecule has 1 atom stereocenters. The lowest BCUT2D eigenvalue weighted by Crippen LogP contribution is -2.32. The molecule has 1 aliphatic carbocycles. The van der Waals surface area contributed by atoms with Crippen LogP contribution >= 0.6 is 15.9 Å². The highest BCUT2D eigenvalue weighted by Crippen LogP contribution is 2.20. The third-order valence-corrected chi connectivity index (χ3v) is 4.17. The van der Waals surface area contributed by atoms with Gasteiger partial charge in [0.15, 0.2) is 0 Å². The molecule has 2 N–H and O–H groups in total. The van der Waals surface area contributed by atoms with E-state index in [1.807, 2.05) is 12.1 Å². The second kappa shape index (κ2) is 8.78. The maximum atomic E-state index is 9.92. The average molecular weight is 342 g/mol. The lowest BCUT2D eigenvalue weighted by molar-refractivity contribution is -0.0230. The Kier molecular flexibility index (Phi) is 7.00. The van der Waals surface area contributed by atoms with Crippen molar-refractivity contribution in [3.63, 3.8) is 0 Å². The maximum Gasteiger partial charge on any atom is 0.0897 e. The molecule has 1 aliphatic rings. The molecule has 112 valence electrons. The highest BCUT2D eigenvalue weighted by Gasteiger charge is 2.15. The number of halogens is 1. The van der Waals surface area contributed by atoms with Gasteiger partial charge in [-0.05, 0) is 30.5 Å². The second-order valence-corrected chi connectivity index (χ2v) is 6.42. The summed E-state index contributed by atoms with van der Waals surface area (Å²) in [6.07, 6.45) is 6.10. The van der Waals surface area contributed by atoms with Crippen LogP contribution in [0.4, 0.5) is 0 Å². The van der Waals surface area contributed by atoms with Crippen molar-refractivity contribution in [1.82, 2.24) is 5.32 Å². The molecule has 0 bridgehead atoms. The molecule has 0 saturated heterocycles. The summed E-state index contributed by atoms with van der Waals surface area (Å²) in [5, 5.41) is 13.2. The molecule has 3 nitrogen and oxygen atoms in total. The summed E-state index contributed by atoms with van der Waals surface area (Å²) in [6.45, 7) is 1.77. The highest BCUT2D eigenvalue weighted by atomic mass is 79.9. The van der Waals surface area contributed by atoms with E-state index in [1.54, 1.807) is 0 Å². The monoisotopic (exact) mass is 341 g/mol. The number of hydrogen-bond donors (Lipinski definition) is 2. The van der Waals surface area contributed by atoms with Gasteiger partial charge in [-0.2, -0.15) is 0 Å². The molecule has 0 aromatic heterocycles. The predicted molar refractivity (Wildman–Crippen MR) is 84.7 cm³/mol. The van der Waals surface area contributed by atoms with Crippen LogP contribution in [-0.2, 0) is 11.3 Å². The molecule has 1 unspecified atom stereocenters. The van der Waals surface area contributed by atoms with Crippen LogP contribution in [0.1, 0.15) is 37.7 Å². The molecule has 1 fully saturated rings. The fraction of sp³-hybridized carbons (Fsp3) is 0.625. The third kappa shape index (κ3) is 5.92. The number of ether oxygens (including phenoxy) is 1. The van der Waals surface area contributed by atoms with Gasteiger partial charge >= 0.3 is 0 Å². The van der Waals surface area contributed by atoms with Gasteiger partial charge in [-0.25, -0.2) is 0 Å². The first-order valence-corrected chi connectivity index (χ1v) is 8.28. The standard InChI is InChI=1S/C16H24BrNO2/c17-14-6-4-5-13(9-14)10-18-11-15(19)12-20-16-7-2-1-3-8-16/h4-6,9,15-16,18-19H,1-3,7-8,10-12H2. The van der Waals surface area contributed by atoms with Gasteiger partial charge in [0.25, 0.3) is 0 Å². The van der Waals surface area contributed by atoms with Gasteiger partial charge in [0.1, 0.15) is 0 Å². The number of aliphatic hydroxyl groups excluding tert-OH is 1. The lowest BCUT2D eigenvalue weighted by Gasteiger charge is -2.23. The number of hydrogen-bond acceptors (Lipinski definition) is 3. The molecule has 2 rings (SSSR count). The largest absolute Gasteiger partial charge is 0.389 e. The quantitative estimate of drug-likeness (QED) is 0.799. The number of aliphatic hydroxyl groups is 1. The Hall–Kier alpha value is -0.420. The smallest absolute Gasteiger partial charge is 0.0897 e. The number of rotatable bonds is 7. The summed E-state index contributed by atoms with van der Waals surface area (Å²) in [4.78, 5) is 0. The maximum absolute atomic E-state index is 9.92. The van der Waals surface area contributed by atoms with Gasteiger partial charge in [-0.3, -0.25) is 0 Å². The number of nitrogens with one attached hydrogen (secondary N) is 1. The van der Waals surface area contributed by atoms with Gasteiger partial charge in [0.05, 0.1) is 18.8 Å². The zero-order valence-corrected chi connectivity index (χ0v) is 13.4. The van der Waals surface area contributed by atoms with Crippen LogP contribution < -0.4 is 5.32 Å². The van der Waals surface area contributed by atoms with Crippen LogP contribution in [0.5, 0.6) is 0 Å². The first-order valence-electron chi connectivity index (χ1n) is 7.49.